The van der Waals surface area contributed by atoms with Gasteiger partial charge in [-0.25, -0.2) is 4.79 Å². The fourth-order valence-corrected chi connectivity index (χ4v) is 5.71. The lowest BCUT2D eigenvalue weighted by molar-refractivity contribution is -0.160. The van der Waals surface area contributed by atoms with Crippen LogP contribution in [0.4, 0.5) is 5.69 Å². The van der Waals surface area contributed by atoms with E-state index in [1.807, 2.05) is 34.6 Å². The Hall–Kier alpha value is -3.44. The lowest BCUT2D eigenvalue weighted by atomic mass is 9.81. The van der Waals surface area contributed by atoms with Gasteiger partial charge in [0.15, 0.2) is 6.10 Å². The molecule has 2 N–H and O–H groups in total. The predicted molar refractivity (Wildman–Crippen MR) is 179 cm³/mol. The molecule has 1 unspecified atom stereocenters. The number of hydrogen-bond donors (Lipinski definition) is 2. The minimum absolute atomic E-state index is 0.0578. The average molecular weight is 586 g/mol. The van der Waals surface area contributed by atoms with E-state index in [0.29, 0.717) is 23.2 Å². The normalized spacial score (nSPS) is 12.3. The number of carbonyl (C=O) groups excluding carboxylic acids is 1. The molecular formula is C38H51NO4. The van der Waals surface area contributed by atoms with Crippen molar-refractivity contribution in [3.8, 4) is 22.3 Å². The molecule has 0 bridgehead atoms. The van der Waals surface area contributed by atoms with Gasteiger partial charge < -0.3 is 15.2 Å². The van der Waals surface area contributed by atoms with E-state index in [4.69, 9.17) is 4.74 Å². The third-order valence-electron chi connectivity index (χ3n) is 8.37. The van der Waals surface area contributed by atoms with Crippen LogP contribution in [0.25, 0.3) is 22.3 Å². The van der Waals surface area contributed by atoms with Crippen LogP contribution < -0.4 is 5.32 Å². The zero-order chi connectivity index (χ0) is 32.1. The summed E-state index contributed by atoms with van der Waals surface area (Å²) < 4.78 is 6.27. The highest BCUT2D eigenvalue weighted by atomic mass is 16.5. The largest absolute Gasteiger partial charge is 0.479 e. The van der Waals surface area contributed by atoms with E-state index in [0.717, 1.165) is 70.2 Å². The van der Waals surface area contributed by atoms with Gasteiger partial charge in [-0.2, -0.15) is 0 Å². The van der Waals surface area contributed by atoms with Crippen LogP contribution >= 0.6 is 0 Å². The number of carbonyl (C=O) groups is 2. The number of rotatable bonds is 12. The summed E-state index contributed by atoms with van der Waals surface area (Å²) in [6.07, 6.45) is 4.47. The Bertz CT molecular complexity index is 1480. The van der Waals surface area contributed by atoms with Gasteiger partial charge in [0.1, 0.15) is 0 Å². The van der Waals surface area contributed by atoms with E-state index >= 15 is 0 Å². The Morgan fingerprint density at radius 1 is 0.767 bits per heavy atom. The maximum Gasteiger partial charge on any atom is 0.337 e. The van der Waals surface area contributed by atoms with Crippen molar-refractivity contribution in [3.63, 3.8) is 0 Å². The molecule has 5 heteroatoms. The van der Waals surface area contributed by atoms with Gasteiger partial charge in [0.25, 0.3) is 0 Å². The van der Waals surface area contributed by atoms with E-state index in [1.54, 1.807) is 0 Å². The maximum atomic E-state index is 13.4. The molecule has 0 spiro atoms. The molecule has 0 aromatic heterocycles. The van der Waals surface area contributed by atoms with Gasteiger partial charge in [-0.3, -0.25) is 4.79 Å². The Kier molecular flexibility index (Phi) is 11.4. The number of benzene rings is 3. The molecule has 5 nitrogen and oxygen atoms in total. The Balaban J connectivity index is 2.38. The van der Waals surface area contributed by atoms with E-state index in [2.05, 4.69) is 76.3 Å². The van der Waals surface area contributed by atoms with Crippen molar-refractivity contribution < 1.29 is 19.4 Å². The smallest absolute Gasteiger partial charge is 0.337 e. The summed E-state index contributed by atoms with van der Waals surface area (Å²) in [5, 5.41) is 13.8. The van der Waals surface area contributed by atoms with Gasteiger partial charge in [0.05, 0.1) is 11.3 Å². The average Bonchev–Trinajstić information content (AvgIpc) is 2.92. The monoisotopic (exact) mass is 585 g/mol. The molecule has 0 aliphatic rings. The van der Waals surface area contributed by atoms with Crippen LogP contribution in [0.1, 0.15) is 111 Å². The molecule has 3 aromatic carbocycles. The Morgan fingerprint density at radius 3 is 1.79 bits per heavy atom. The van der Waals surface area contributed by atoms with Gasteiger partial charge in [-0.15, -0.1) is 0 Å². The lowest BCUT2D eigenvalue weighted by Crippen LogP contribution is -2.29. The van der Waals surface area contributed by atoms with Crippen LogP contribution in [0.5, 0.6) is 0 Å². The highest BCUT2D eigenvalue weighted by molar-refractivity contribution is 6.01. The van der Waals surface area contributed by atoms with Gasteiger partial charge in [0, 0.05) is 17.5 Å². The minimum Gasteiger partial charge on any atom is -0.479 e. The number of carboxylic acid groups (broad SMARTS) is 1. The van der Waals surface area contributed by atoms with Crippen molar-refractivity contribution in [2.45, 2.75) is 119 Å². The first-order valence-electron chi connectivity index (χ1n) is 15.7. The fourth-order valence-electron chi connectivity index (χ4n) is 5.71. The number of anilines is 1. The van der Waals surface area contributed by atoms with Crippen molar-refractivity contribution >= 4 is 17.6 Å². The SMILES string of the molecule is CCCCCCCC(=O)Nc1c(C)c(C(OC(C)(C)C)C(=O)O)c(-c2ccc(C)c(C)c2)c(C)c1-c1ccc(C)c(C)c1. The summed E-state index contributed by atoms with van der Waals surface area (Å²) >= 11 is 0. The second kappa shape index (κ2) is 14.4. The summed E-state index contributed by atoms with van der Waals surface area (Å²) in [7, 11) is 0. The quantitative estimate of drug-likeness (QED) is 0.207. The highest BCUT2D eigenvalue weighted by Gasteiger charge is 2.34. The number of ether oxygens (including phenoxy) is 1. The molecule has 0 radical (unpaired) electrons. The number of unbranched alkanes of at least 4 members (excludes halogenated alkanes) is 4. The molecule has 1 atom stereocenters. The standard InChI is InChI=1S/C38H51NO4/c1-11-12-13-14-15-16-31(40)39-35-28(7)34(36(37(41)42)43-38(8,9)10)32(29-19-17-23(2)25(4)21-29)27(6)33(35)30-20-18-24(3)26(5)22-30/h17-22,36H,11-16H2,1-10H3,(H,39,40)(H,41,42). The molecule has 0 aliphatic carbocycles. The van der Waals surface area contributed by atoms with Crippen LogP contribution in [-0.4, -0.2) is 22.6 Å². The first kappa shape index (κ1) is 34.1. The highest BCUT2D eigenvalue weighted by Crippen LogP contribution is 2.47. The molecule has 0 saturated heterocycles. The number of amides is 1. The van der Waals surface area contributed by atoms with Crippen LogP contribution in [0.15, 0.2) is 36.4 Å². The molecule has 3 aromatic rings. The van der Waals surface area contributed by atoms with Crippen molar-refractivity contribution in [2.24, 2.45) is 0 Å². The number of aryl methyl sites for hydroxylation is 4. The summed E-state index contributed by atoms with van der Waals surface area (Å²) in [5.41, 5.74) is 10.4. The maximum absolute atomic E-state index is 13.4. The van der Waals surface area contributed by atoms with Gasteiger partial charge in [-0.05, 0) is 119 Å². The molecule has 1 amide bonds. The van der Waals surface area contributed by atoms with Crippen molar-refractivity contribution in [1.29, 1.82) is 0 Å². The molecule has 43 heavy (non-hydrogen) atoms. The third kappa shape index (κ3) is 8.35. The summed E-state index contributed by atoms with van der Waals surface area (Å²) in [6, 6.07) is 12.6. The van der Waals surface area contributed by atoms with E-state index in [-0.39, 0.29) is 5.91 Å². The molecule has 0 aliphatic heterocycles. The first-order chi connectivity index (χ1) is 20.2. The second-order valence-electron chi connectivity index (χ2n) is 13.0. The zero-order valence-corrected chi connectivity index (χ0v) is 28.0. The number of carboxylic acids is 1. The van der Waals surface area contributed by atoms with Crippen LogP contribution in [0, 0.1) is 41.5 Å². The van der Waals surface area contributed by atoms with E-state index in [9.17, 15) is 14.7 Å². The van der Waals surface area contributed by atoms with E-state index < -0.39 is 17.7 Å². The van der Waals surface area contributed by atoms with Crippen molar-refractivity contribution in [1.82, 2.24) is 0 Å². The number of hydrogen-bond acceptors (Lipinski definition) is 3. The lowest BCUT2D eigenvalue weighted by Gasteiger charge is -2.31. The minimum atomic E-state index is -1.23. The predicted octanol–water partition coefficient (Wildman–Crippen LogP) is 10.1. The summed E-state index contributed by atoms with van der Waals surface area (Å²) in [5.74, 6) is -1.12. The van der Waals surface area contributed by atoms with Crippen LogP contribution in [0.2, 0.25) is 0 Å². The van der Waals surface area contributed by atoms with Crippen LogP contribution in [0.3, 0.4) is 0 Å². The first-order valence-corrected chi connectivity index (χ1v) is 15.7. The Morgan fingerprint density at radius 2 is 1.30 bits per heavy atom. The van der Waals surface area contributed by atoms with Crippen molar-refractivity contribution in [2.75, 3.05) is 5.32 Å². The van der Waals surface area contributed by atoms with Crippen LogP contribution in [-0.2, 0) is 14.3 Å². The summed E-state index contributed by atoms with van der Waals surface area (Å²) in [6.45, 7) is 20.1. The molecule has 3 rings (SSSR count). The number of aliphatic carboxylic acids is 1. The molecule has 0 saturated carbocycles. The topological polar surface area (TPSA) is 75.6 Å². The fraction of sp³-hybridized carbons (Fsp3) is 0.474. The third-order valence-corrected chi connectivity index (χ3v) is 8.37. The van der Waals surface area contributed by atoms with Gasteiger partial charge >= 0.3 is 5.97 Å². The van der Waals surface area contributed by atoms with Crippen molar-refractivity contribution in [3.05, 3.63) is 75.3 Å². The summed E-state index contributed by atoms with van der Waals surface area (Å²) in [4.78, 5) is 26.4. The molecule has 0 heterocycles. The molecule has 232 valence electrons. The molecular weight excluding hydrogens is 534 g/mol. The van der Waals surface area contributed by atoms with Gasteiger partial charge in [0.2, 0.25) is 5.91 Å². The van der Waals surface area contributed by atoms with Gasteiger partial charge in [-0.1, -0.05) is 69.0 Å². The van der Waals surface area contributed by atoms with E-state index in [1.165, 1.54) is 12.0 Å². The number of nitrogens with one attached hydrogen (secondary N) is 1. The molecule has 0 fully saturated rings. The zero-order valence-electron chi connectivity index (χ0n) is 28.0. The Labute approximate surface area is 259 Å². The second-order valence-corrected chi connectivity index (χ2v) is 13.0.